The summed E-state index contributed by atoms with van der Waals surface area (Å²) in [5, 5.41) is 14.7. The lowest BCUT2D eigenvalue weighted by Gasteiger charge is -2.45. The lowest BCUT2D eigenvalue weighted by atomic mass is 9.87. The van der Waals surface area contributed by atoms with Crippen molar-refractivity contribution in [3.63, 3.8) is 0 Å². The number of nitrogens with zero attached hydrogens (tertiary/aromatic N) is 2. The molecule has 1 saturated heterocycles. The number of aryl methyl sites for hydroxylation is 1. The van der Waals surface area contributed by atoms with Crippen molar-refractivity contribution >= 4 is 11.8 Å². The monoisotopic (exact) mass is 451 g/mol. The summed E-state index contributed by atoms with van der Waals surface area (Å²) in [6.07, 6.45) is 1.72. The number of benzene rings is 2. The molecule has 7 nitrogen and oxygen atoms in total. The van der Waals surface area contributed by atoms with Gasteiger partial charge in [-0.25, -0.2) is 4.79 Å². The molecule has 2 aliphatic heterocycles. The number of para-hydroxylation sites is 1. The van der Waals surface area contributed by atoms with Crippen molar-refractivity contribution in [1.82, 2.24) is 10.2 Å². The van der Waals surface area contributed by atoms with Gasteiger partial charge in [0, 0.05) is 49.7 Å². The molecule has 2 aliphatic rings. The minimum Gasteiger partial charge on any atom is -0.504 e. The van der Waals surface area contributed by atoms with Crippen molar-refractivity contribution < 1.29 is 19.4 Å². The first-order chi connectivity index (χ1) is 15.9. The Morgan fingerprint density at radius 2 is 1.88 bits per heavy atom. The average molecular weight is 452 g/mol. The number of phenols is 1. The number of carbonyl (C=O) groups excluding carboxylic acids is 1. The van der Waals surface area contributed by atoms with E-state index >= 15 is 0 Å². The number of ether oxygens (including phenoxy) is 2. The van der Waals surface area contributed by atoms with Crippen molar-refractivity contribution in [2.45, 2.75) is 51.7 Å². The van der Waals surface area contributed by atoms with Crippen LogP contribution < -0.4 is 10.1 Å². The van der Waals surface area contributed by atoms with Crippen LogP contribution in [-0.4, -0.2) is 53.8 Å². The Morgan fingerprint density at radius 3 is 2.55 bits per heavy atom. The van der Waals surface area contributed by atoms with Crippen LogP contribution in [0.1, 0.15) is 55.8 Å². The first-order valence-electron chi connectivity index (χ1n) is 11.7. The maximum Gasteiger partial charge on any atom is 0.409 e. The van der Waals surface area contributed by atoms with Crippen molar-refractivity contribution in [2.75, 3.05) is 26.3 Å². The van der Waals surface area contributed by atoms with Gasteiger partial charge >= 0.3 is 6.09 Å². The van der Waals surface area contributed by atoms with E-state index < -0.39 is 5.66 Å². The number of phenolic OH excluding ortho intramolecular Hbond substituents is 1. The van der Waals surface area contributed by atoms with Gasteiger partial charge in [0.25, 0.3) is 0 Å². The summed E-state index contributed by atoms with van der Waals surface area (Å²) in [6.45, 7) is 7.77. The quantitative estimate of drug-likeness (QED) is 0.696. The first kappa shape index (κ1) is 23.1. The van der Waals surface area contributed by atoms with Crippen LogP contribution in [0.25, 0.3) is 0 Å². The molecule has 1 amide bonds. The molecule has 2 aromatic carbocycles. The zero-order valence-corrected chi connectivity index (χ0v) is 19.6. The molecule has 1 unspecified atom stereocenters. The number of amides is 1. The number of piperidine rings is 1. The van der Waals surface area contributed by atoms with Crippen molar-refractivity contribution in [3.05, 3.63) is 59.2 Å². The Morgan fingerprint density at radius 1 is 1.15 bits per heavy atom. The molecule has 176 valence electrons. The summed E-state index contributed by atoms with van der Waals surface area (Å²) in [5.41, 5.74) is 3.57. The third-order valence-corrected chi connectivity index (χ3v) is 6.40. The molecule has 4 rings (SSSR count). The molecule has 2 aromatic rings. The van der Waals surface area contributed by atoms with E-state index in [0.29, 0.717) is 51.3 Å². The van der Waals surface area contributed by atoms with E-state index in [1.165, 1.54) is 5.56 Å². The van der Waals surface area contributed by atoms with Gasteiger partial charge in [-0.15, -0.1) is 0 Å². The molecule has 1 atom stereocenters. The number of hydrogen-bond donors (Lipinski definition) is 2. The normalized spacial score (nSPS) is 19.8. The number of rotatable bonds is 5. The molecule has 1 spiro atoms. The van der Waals surface area contributed by atoms with Gasteiger partial charge in [-0.3, -0.25) is 10.3 Å². The Labute approximate surface area is 195 Å². The predicted molar refractivity (Wildman–Crippen MR) is 128 cm³/mol. The molecule has 0 saturated carbocycles. The Bertz CT molecular complexity index is 1010. The Kier molecular flexibility index (Phi) is 6.88. The van der Waals surface area contributed by atoms with Gasteiger partial charge in [0.1, 0.15) is 5.66 Å². The van der Waals surface area contributed by atoms with Crippen LogP contribution in [0.15, 0.2) is 47.5 Å². The third kappa shape index (κ3) is 4.98. The van der Waals surface area contributed by atoms with Crippen molar-refractivity contribution in [2.24, 2.45) is 4.99 Å². The van der Waals surface area contributed by atoms with Gasteiger partial charge in [0.15, 0.2) is 11.5 Å². The summed E-state index contributed by atoms with van der Waals surface area (Å²) in [6, 6.07) is 13.9. The molecule has 0 aromatic heterocycles. The molecule has 33 heavy (non-hydrogen) atoms. The molecule has 7 heteroatoms. The zero-order valence-electron chi connectivity index (χ0n) is 19.6. The number of carbonyl (C=O) groups is 1. The number of likely N-dealkylation sites (tertiary alicyclic amines) is 1. The molecular formula is C26H33N3O4. The predicted octanol–water partition coefficient (Wildman–Crippen LogP) is 4.57. The number of hydrogen-bond acceptors (Lipinski definition) is 6. The van der Waals surface area contributed by atoms with Crippen LogP contribution in [0.4, 0.5) is 4.79 Å². The summed E-state index contributed by atoms with van der Waals surface area (Å²) < 4.78 is 10.8. The second-order valence-electron chi connectivity index (χ2n) is 8.67. The highest BCUT2D eigenvalue weighted by Crippen LogP contribution is 2.40. The SMILES string of the molecule is CCOC(=O)N1CCC2(CC1)N=C(c1ccc(C)cc1)CC(c1cccc(OCC)c1O)N2. The second-order valence-corrected chi connectivity index (χ2v) is 8.67. The minimum atomic E-state index is -0.514. The van der Waals surface area contributed by atoms with Gasteiger partial charge in [0.05, 0.1) is 13.2 Å². The van der Waals surface area contributed by atoms with Crippen molar-refractivity contribution in [1.29, 1.82) is 0 Å². The molecule has 1 fully saturated rings. The van der Waals surface area contributed by atoms with E-state index in [9.17, 15) is 9.90 Å². The largest absolute Gasteiger partial charge is 0.504 e. The molecule has 0 radical (unpaired) electrons. The summed E-state index contributed by atoms with van der Waals surface area (Å²) in [4.78, 5) is 19.2. The second kappa shape index (κ2) is 9.83. The number of nitrogens with one attached hydrogen (secondary N) is 1. The van der Waals surface area contributed by atoms with Gasteiger partial charge < -0.3 is 19.5 Å². The maximum absolute atomic E-state index is 12.2. The average Bonchev–Trinajstić information content (AvgIpc) is 2.81. The van der Waals surface area contributed by atoms with Gasteiger partial charge in [0.2, 0.25) is 0 Å². The van der Waals surface area contributed by atoms with Crippen LogP contribution in [0, 0.1) is 6.92 Å². The Hall–Kier alpha value is -3.06. The number of aromatic hydroxyl groups is 1. The van der Waals surface area contributed by atoms with E-state index in [2.05, 4.69) is 36.5 Å². The standard InChI is InChI=1S/C26H33N3O4/c1-4-32-23-8-6-7-20(24(23)30)22-17-21(19-11-9-18(3)10-12-19)27-26(28-22)13-15-29(16-14-26)25(31)33-5-2/h6-12,22,28,30H,4-5,13-17H2,1-3H3. The van der Waals surface area contributed by atoms with E-state index in [-0.39, 0.29) is 17.9 Å². The summed E-state index contributed by atoms with van der Waals surface area (Å²) in [7, 11) is 0. The lowest BCUT2D eigenvalue weighted by Crippen LogP contribution is -2.56. The topological polar surface area (TPSA) is 83.4 Å². The Balaban J connectivity index is 1.66. The highest BCUT2D eigenvalue weighted by Gasteiger charge is 2.41. The van der Waals surface area contributed by atoms with E-state index in [1.807, 2.05) is 26.0 Å². The molecular weight excluding hydrogens is 418 g/mol. The summed E-state index contributed by atoms with van der Waals surface area (Å²) >= 11 is 0. The first-order valence-corrected chi connectivity index (χ1v) is 11.7. The fourth-order valence-corrected chi connectivity index (χ4v) is 4.64. The minimum absolute atomic E-state index is 0.131. The van der Waals surface area contributed by atoms with Crippen LogP contribution in [-0.2, 0) is 4.74 Å². The summed E-state index contributed by atoms with van der Waals surface area (Å²) in [5.74, 6) is 0.656. The fourth-order valence-electron chi connectivity index (χ4n) is 4.64. The maximum atomic E-state index is 12.2. The smallest absolute Gasteiger partial charge is 0.409 e. The van der Waals surface area contributed by atoms with Gasteiger partial charge in [-0.1, -0.05) is 42.0 Å². The van der Waals surface area contributed by atoms with E-state index in [4.69, 9.17) is 14.5 Å². The molecule has 0 aliphatic carbocycles. The lowest BCUT2D eigenvalue weighted by molar-refractivity contribution is 0.0778. The van der Waals surface area contributed by atoms with E-state index in [0.717, 1.165) is 16.8 Å². The van der Waals surface area contributed by atoms with Gasteiger partial charge in [-0.05, 0) is 32.4 Å². The van der Waals surface area contributed by atoms with E-state index in [1.54, 1.807) is 11.0 Å². The van der Waals surface area contributed by atoms with Crippen LogP contribution in [0.3, 0.4) is 0 Å². The molecule has 0 bridgehead atoms. The fraction of sp³-hybridized carbons (Fsp3) is 0.462. The van der Waals surface area contributed by atoms with Crippen LogP contribution >= 0.6 is 0 Å². The highest BCUT2D eigenvalue weighted by molar-refractivity contribution is 6.01. The van der Waals surface area contributed by atoms with Gasteiger partial charge in [-0.2, -0.15) is 0 Å². The highest BCUT2D eigenvalue weighted by atomic mass is 16.6. The third-order valence-electron chi connectivity index (χ3n) is 6.40. The molecule has 2 heterocycles. The zero-order chi connectivity index (χ0) is 23.4. The van der Waals surface area contributed by atoms with Crippen molar-refractivity contribution in [3.8, 4) is 11.5 Å². The molecule has 2 N–H and O–H groups in total. The number of aliphatic imine (C=N–C) groups is 1. The van der Waals surface area contributed by atoms with Crippen LogP contribution in [0.5, 0.6) is 11.5 Å². The van der Waals surface area contributed by atoms with Crippen LogP contribution in [0.2, 0.25) is 0 Å².